The topological polar surface area (TPSA) is 86.6 Å². The highest BCUT2D eigenvalue weighted by Crippen LogP contribution is 2.34. The van der Waals surface area contributed by atoms with Crippen molar-refractivity contribution in [3.8, 4) is 5.75 Å². The van der Waals surface area contributed by atoms with E-state index in [1.165, 1.54) is 31.7 Å². The number of methoxy groups -OCH3 is 1. The van der Waals surface area contributed by atoms with Crippen LogP contribution in [0.4, 0.5) is 0 Å². The zero-order valence-corrected chi connectivity index (χ0v) is 14.9. The number of carbonyl (C=O) groups is 2. The van der Waals surface area contributed by atoms with E-state index in [1.54, 1.807) is 24.3 Å². The van der Waals surface area contributed by atoms with Crippen molar-refractivity contribution in [1.82, 2.24) is 0 Å². The molecule has 0 saturated carbocycles. The predicted octanol–water partition coefficient (Wildman–Crippen LogP) is 3.70. The molecule has 0 saturated heterocycles. The minimum Gasteiger partial charge on any atom is -0.494 e. The number of nitrogens with zero attached hydrogens (tertiary/aromatic N) is 2. The number of ether oxygens (including phenoxy) is 1. The van der Waals surface area contributed by atoms with Crippen LogP contribution >= 0.6 is 23.2 Å². The highest BCUT2D eigenvalue weighted by Gasteiger charge is 2.21. The van der Waals surface area contributed by atoms with Crippen molar-refractivity contribution in [2.45, 2.75) is 0 Å². The van der Waals surface area contributed by atoms with Gasteiger partial charge in [-0.2, -0.15) is 0 Å². The fourth-order valence-electron chi connectivity index (χ4n) is 1.89. The molecule has 2 aromatic rings. The van der Waals surface area contributed by atoms with E-state index in [4.69, 9.17) is 32.8 Å². The van der Waals surface area contributed by atoms with Gasteiger partial charge in [0.05, 0.1) is 29.6 Å². The first-order valence-electron chi connectivity index (χ1n) is 7.06. The molecule has 26 heavy (non-hydrogen) atoms. The maximum absolute atomic E-state index is 12.2. The van der Waals surface area contributed by atoms with E-state index in [1.807, 2.05) is 0 Å². The maximum Gasteiger partial charge on any atom is 0.371 e. The summed E-state index contributed by atoms with van der Waals surface area (Å²) in [4.78, 5) is 31.2. The summed E-state index contributed by atoms with van der Waals surface area (Å²) in [5.74, 6) is -0.694. The third-order valence-electron chi connectivity index (χ3n) is 3.05. The molecule has 7 nitrogen and oxygen atoms in total. The van der Waals surface area contributed by atoms with Gasteiger partial charge in [-0.3, -0.25) is 4.79 Å². The number of hydrogen-bond donors (Lipinski definition) is 0. The smallest absolute Gasteiger partial charge is 0.371 e. The number of oxime groups is 2. The quantitative estimate of drug-likeness (QED) is 0.309. The molecule has 134 valence electrons. The fourth-order valence-corrected chi connectivity index (χ4v) is 2.35. The van der Waals surface area contributed by atoms with Crippen LogP contribution in [0.3, 0.4) is 0 Å². The minimum absolute atomic E-state index is 0.0134. The van der Waals surface area contributed by atoms with Gasteiger partial charge < -0.3 is 14.4 Å². The number of hydrogen-bond acceptors (Lipinski definition) is 7. The second kappa shape index (κ2) is 9.55. The molecular weight excluding hydrogens is 383 g/mol. The molecular formula is C17H12Cl2N2O5. The van der Waals surface area contributed by atoms with Gasteiger partial charge in [0.25, 0.3) is 0 Å². The Morgan fingerprint density at radius 3 is 2.12 bits per heavy atom. The Labute approximate surface area is 158 Å². The van der Waals surface area contributed by atoms with Gasteiger partial charge in [-0.05, 0) is 23.3 Å². The summed E-state index contributed by atoms with van der Waals surface area (Å²) >= 11 is 12.0. The zero-order valence-electron chi connectivity index (χ0n) is 13.4. The Morgan fingerprint density at radius 1 is 0.962 bits per heavy atom. The summed E-state index contributed by atoms with van der Waals surface area (Å²) in [6.07, 6.45) is 2.70. The first-order chi connectivity index (χ1) is 12.6. The molecule has 0 radical (unpaired) electrons. The molecule has 2 aromatic carbocycles. The molecule has 0 bridgehead atoms. The van der Waals surface area contributed by atoms with E-state index in [2.05, 4.69) is 15.1 Å². The standard InChI is InChI=1S/C17H12Cl2N2O5/c1-24-16-14(19)7-6-13(18)15(16)17(23)26-21-9-12-4-2-11(3-5-12)8-20-25-10-22/h2-10H,1H3/b20-8+,21-9+. The fraction of sp³-hybridized carbons (Fsp3) is 0.0588. The van der Waals surface area contributed by atoms with Crippen LogP contribution < -0.4 is 4.74 Å². The molecule has 0 aliphatic heterocycles. The highest BCUT2D eigenvalue weighted by atomic mass is 35.5. The van der Waals surface area contributed by atoms with E-state index in [0.29, 0.717) is 11.1 Å². The molecule has 0 heterocycles. The van der Waals surface area contributed by atoms with E-state index in [-0.39, 0.29) is 27.8 Å². The molecule has 0 amide bonds. The van der Waals surface area contributed by atoms with Crippen molar-refractivity contribution in [1.29, 1.82) is 0 Å². The van der Waals surface area contributed by atoms with Crippen molar-refractivity contribution in [2.75, 3.05) is 7.11 Å². The van der Waals surface area contributed by atoms with Crippen LogP contribution in [0.1, 0.15) is 21.5 Å². The first kappa shape index (κ1) is 19.4. The molecule has 2 rings (SSSR count). The Bertz CT molecular complexity index is 851. The predicted molar refractivity (Wildman–Crippen MR) is 97.2 cm³/mol. The van der Waals surface area contributed by atoms with Gasteiger partial charge in [0, 0.05) is 0 Å². The number of halogens is 2. The van der Waals surface area contributed by atoms with Crippen molar-refractivity contribution >= 4 is 48.1 Å². The largest absolute Gasteiger partial charge is 0.494 e. The van der Waals surface area contributed by atoms with Gasteiger partial charge >= 0.3 is 12.4 Å². The van der Waals surface area contributed by atoms with Gasteiger partial charge in [0.2, 0.25) is 0 Å². The molecule has 0 aliphatic rings. The Hall–Kier alpha value is -2.90. The first-order valence-corrected chi connectivity index (χ1v) is 7.82. The summed E-state index contributed by atoms with van der Waals surface area (Å²) in [7, 11) is 1.36. The van der Waals surface area contributed by atoms with Gasteiger partial charge in [-0.15, -0.1) is 0 Å². The van der Waals surface area contributed by atoms with E-state index in [9.17, 15) is 9.59 Å². The molecule has 0 unspecified atom stereocenters. The minimum atomic E-state index is -0.805. The summed E-state index contributed by atoms with van der Waals surface area (Å²) in [6, 6.07) is 9.78. The van der Waals surface area contributed by atoms with Gasteiger partial charge in [-0.1, -0.05) is 57.8 Å². The average molecular weight is 395 g/mol. The van der Waals surface area contributed by atoms with Crippen molar-refractivity contribution in [2.24, 2.45) is 10.3 Å². The van der Waals surface area contributed by atoms with E-state index in [0.717, 1.165) is 0 Å². The molecule has 0 spiro atoms. The van der Waals surface area contributed by atoms with Gasteiger partial charge in [0.1, 0.15) is 5.56 Å². The van der Waals surface area contributed by atoms with Crippen molar-refractivity contribution in [3.05, 3.63) is 63.1 Å². The normalized spacial score (nSPS) is 10.9. The monoisotopic (exact) mass is 394 g/mol. The SMILES string of the molecule is COc1c(Cl)ccc(Cl)c1C(=O)O/N=C/c1ccc(/C=N/OC=O)cc1. The van der Waals surface area contributed by atoms with Gasteiger partial charge in [0.15, 0.2) is 5.75 Å². The summed E-state index contributed by atoms with van der Waals surface area (Å²) < 4.78 is 5.08. The number of rotatable bonds is 7. The average Bonchev–Trinajstić information content (AvgIpc) is 2.64. The van der Waals surface area contributed by atoms with Crippen LogP contribution in [0.2, 0.25) is 10.0 Å². The second-order valence-electron chi connectivity index (χ2n) is 4.65. The molecule has 0 aliphatic carbocycles. The molecule has 0 fully saturated rings. The lowest BCUT2D eigenvalue weighted by Gasteiger charge is -2.09. The number of carbonyl (C=O) groups excluding carboxylic acids is 2. The third-order valence-corrected chi connectivity index (χ3v) is 3.66. The molecule has 0 N–H and O–H groups in total. The van der Waals surface area contributed by atoms with Gasteiger partial charge in [-0.25, -0.2) is 4.79 Å². The number of benzene rings is 2. The van der Waals surface area contributed by atoms with E-state index >= 15 is 0 Å². The third kappa shape index (κ3) is 5.05. The van der Waals surface area contributed by atoms with Crippen molar-refractivity contribution in [3.63, 3.8) is 0 Å². The summed E-state index contributed by atoms with van der Waals surface area (Å²) in [6.45, 7) is 0.215. The molecule has 0 aromatic heterocycles. The Morgan fingerprint density at radius 2 is 1.54 bits per heavy atom. The van der Waals surface area contributed by atoms with Crippen LogP contribution in [-0.4, -0.2) is 32.0 Å². The Kier molecular flexibility index (Phi) is 7.13. The highest BCUT2D eigenvalue weighted by molar-refractivity contribution is 6.37. The maximum atomic E-state index is 12.2. The van der Waals surface area contributed by atoms with Crippen LogP contribution in [0.15, 0.2) is 46.7 Å². The van der Waals surface area contributed by atoms with Crippen molar-refractivity contribution < 1.29 is 24.0 Å². The second-order valence-corrected chi connectivity index (χ2v) is 5.47. The lowest BCUT2D eigenvalue weighted by atomic mass is 10.2. The van der Waals surface area contributed by atoms with Crippen LogP contribution in [-0.2, 0) is 14.5 Å². The zero-order chi connectivity index (χ0) is 18.9. The lowest BCUT2D eigenvalue weighted by Crippen LogP contribution is -2.05. The van der Waals surface area contributed by atoms with E-state index < -0.39 is 5.97 Å². The summed E-state index contributed by atoms with van der Waals surface area (Å²) in [5.41, 5.74) is 1.35. The lowest BCUT2D eigenvalue weighted by molar-refractivity contribution is -0.128. The van der Waals surface area contributed by atoms with Crippen LogP contribution in [0.25, 0.3) is 0 Å². The Balaban J connectivity index is 2.06. The van der Waals surface area contributed by atoms with Crippen LogP contribution in [0.5, 0.6) is 5.75 Å². The molecule has 0 atom stereocenters. The van der Waals surface area contributed by atoms with Crippen LogP contribution in [0, 0.1) is 0 Å². The molecule has 9 heteroatoms. The summed E-state index contributed by atoms with van der Waals surface area (Å²) in [5, 5.41) is 7.40.